The molecule has 0 atom stereocenters. The van der Waals surface area contributed by atoms with Gasteiger partial charge in [0.15, 0.2) is 5.78 Å². The Morgan fingerprint density at radius 1 is 1.19 bits per heavy atom. The fraction of sp³-hybridized carbons (Fsp3) is 0.154. The van der Waals surface area contributed by atoms with Crippen LogP contribution in [-0.2, 0) is 0 Å². The minimum absolute atomic E-state index is 0.0762. The molecule has 0 amide bonds. The molecule has 0 fully saturated rings. The first-order valence-corrected chi connectivity index (χ1v) is 5.04. The van der Waals surface area contributed by atoms with Crippen molar-refractivity contribution >= 4 is 5.78 Å². The van der Waals surface area contributed by atoms with E-state index in [0.717, 1.165) is 17.0 Å². The van der Waals surface area contributed by atoms with E-state index in [1.807, 2.05) is 47.3 Å². The van der Waals surface area contributed by atoms with E-state index in [-0.39, 0.29) is 5.78 Å². The maximum absolute atomic E-state index is 11.2. The van der Waals surface area contributed by atoms with Crippen LogP contribution < -0.4 is 4.74 Å². The molecule has 0 saturated heterocycles. The summed E-state index contributed by atoms with van der Waals surface area (Å²) < 4.78 is 7.00. The third-order valence-electron chi connectivity index (χ3n) is 2.47. The van der Waals surface area contributed by atoms with Crippen molar-refractivity contribution < 1.29 is 9.53 Å². The number of benzene rings is 1. The minimum atomic E-state index is 0.0762. The lowest BCUT2D eigenvalue weighted by Gasteiger charge is -2.04. The molecule has 16 heavy (non-hydrogen) atoms. The van der Waals surface area contributed by atoms with E-state index >= 15 is 0 Å². The predicted molar refractivity (Wildman–Crippen MR) is 62.3 cm³/mol. The van der Waals surface area contributed by atoms with E-state index < -0.39 is 0 Å². The zero-order valence-electron chi connectivity index (χ0n) is 9.31. The number of Topliss-reactive ketones (excluding diaryl/α,β-unsaturated/α-hetero) is 1. The number of ether oxygens (including phenoxy) is 1. The molecular weight excluding hydrogens is 202 g/mol. The lowest BCUT2D eigenvalue weighted by Crippen LogP contribution is -1.92. The van der Waals surface area contributed by atoms with Gasteiger partial charge in [0.1, 0.15) is 5.75 Å². The number of carbonyl (C=O) groups excluding carboxylic acids is 1. The number of nitrogens with zero attached hydrogens (tertiary/aromatic N) is 1. The summed E-state index contributed by atoms with van der Waals surface area (Å²) in [5.41, 5.74) is 1.73. The summed E-state index contributed by atoms with van der Waals surface area (Å²) in [5.74, 6) is 0.898. The standard InChI is InChI=1S/C13H13NO2/c1-10(15)11-7-8-14(9-11)12-3-5-13(16-2)6-4-12/h3-9H,1-2H3. The van der Waals surface area contributed by atoms with Crippen LogP contribution in [0.1, 0.15) is 17.3 Å². The monoisotopic (exact) mass is 215 g/mol. The SMILES string of the molecule is COc1ccc(-n2ccc(C(C)=O)c2)cc1. The van der Waals surface area contributed by atoms with Gasteiger partial charge >= 0.3 is 0 Å². The Hall–Kier alpha value is -2.03. The number of hydrogen-bond donors (Lipinski definition) is 0. The summed E-state index contributed by atoms with van der Waals surface area (Å²) in [6, 6.07) is 9.49. The van der Waals surface area contributed by atoms with Gasteiger partial charge in [-0.1, -0.05) is 0 Å². The molecular formula is C13H13NO2. The van der Waals surface area contributed by atoms with Gasteiger partial charge in [-0.15, -0.1) is 0 Å². The van der Waals surface area contributed by atoms with Crippen LogP contribution in [-0.4, -0.2) is 17.5 Å². The van der Waals surface area contributed by atoms with Crippen LogP contribution in [0.4, 0.5) is 0 Å². The van der Waals surface area contributed by atoms with Crippen LogP contribution in [0.5, 0.6) is 5.75 Å². The first-order valence-electron chi connectivity index (χ1n) is 5.04. The Labute approximate surface area is 94.3 Å². The molecule has 82 valence electrons. The lowest BCUT2D eigenvalue weighted by molar-refractivity contribution is 0.101. The van der Waals surface area contributed by atoms with E-state index in [9.17, 15) is 4.79 Å². The van der Waals surface area contributed by atoms with Gasteiger partial charge in [0, 0.05) is 23.6 Å². The summed E-state index contributed by atoms with van der Waals surface area (Å²) in [6.45, 7) is 1.56. The third kappa shape index (κ3) is 1.98. The molecule has 1 aromatic heterocycles. The molecule has 0 aliphatic carbocycles. The van der Waals surface area contributed by atoms with Gasteiger partial charge in [-0.3, -0.25) is 4.79 Å². The lowest BCUT2D eigenvalue weighted by atomic mass is 10.2. The first-order chi connectivity index (χ1) is 7.70. The molecule has 0 radical (unpaired) electrons. The summed E-state index contributed by atoms with van der Waals surface area (Å²) in [6.07, 6.45) is 3.70. The van der Waals surface area contributed by atoms with Gasteiger partial charge in [-0.05, 0) is 37.3 Å². The maximum Gasteiger partial charge on any atom is 0.161 e. The summed E-state index contributed by atoms with van der Waals surface area (Å²) in [4.78, 5) is 11.2. The van der Waals surface area contributed by atoms with Crippen molar-refractivity contribution in [3.63, 3.8) is 0 Å². The molecule has 0 aliphatic rings. The molecule has 0 unspecified atom stereocenters. The molecule has 3 heteroatoms. The summed E-state index contributed by atoms with van der Waals surface area (Å²) >= 11 is 0. The molecule has 0 N–H and O–H groups in total. The van der Waals surface area contributed by atoms with Crippen LogP contribution in [0.15, 0.2) is 42.7 Å². The van der Waals surface area contributed by atoms with Crippen LogP contribution in [0, 0.1) is 0 Å². The molecule has 0 saturated carbocycles. The summed E-state index contributed by atoms with van der Waals surface area (Å²) in [5, 5.41) is 0. The maximum atomic E-state index is 11.2. The van der Waals surface area contributed by atoms with E-state index in [1.165, 1.54) is 0 Å². The second-order valence-electron chi connectivity index (χ2n) is 3.56. The third-order valence-corrected chi connectivity index (χ3v) is 2.47. The topological polar surface area (TPSA) is 31.2 Å². The summed E-state index contributed by atoms with van der Waals surface area (Å²) in [7, 11) is 1.64. The first kappa shape index (κ1) is 10.5. The number of methoxy groups -OCH3 is 1. The van der Waals surface area contributed by atoms with Crippen LogP contribution >= 0.6 is 0 Å². The van der Waals surface area contributed by atoms with Gasteiger partial charge in [-0.25, -0.2) is 0 Å². The van der Waals surface area contributed by atoms with Crippen molar-refractivity contribution in [3.8, 4) is 11.4 Å². The van der Waals surface area contributed by atoms with Gasteiger partial charge in [0.05, 0.1) is 7.11 Å². The number of carbonyl (C=O) groups is 1. The highest BCUT2D eigenvalue weighted by molar-refractivity contribution is 5.93. The highest BCUT2D eigenvalue weighted by Gasteiger charge is 2.02. The minimum Gasteiger partial charge on any atom is -0.497 e. The Morgan fingerprint density at radius 3 is 2.38 bits per heavy atom. The van der Waals surface area contributed by atoms with Crippen molar-refractivity contribution in [3.05, 3.63) is 48.3 Å². The molecule has 2 aromatic rings. The van der Waals surface area contributed by atoms with Gasteiger partial charge in [-0.2, -0.15) is 0 Å². The molecule has 3 nitrogen and oxygen atoms in total. The zero-order valence-corrected chi connectivity index (χ0v) is 9.31. The molecule has 0 spiro atoms. The van der Waals surface area contributed by atoms with Crippen molar-refractivity contribution in [1.82, 2.24) is 4.57 Å². The normalized spacial score (nSPS) is 10.1. The average molecular weight is 215 g/mol. The molecule has 1 aromatic carbocycles. The number of aromatic nitrogens is 1. The van der Waals surface area contributed by atoms with Crippen molar-refractivity contribution in [2.75, 3.05) is 7.11 Å². The second-order valence-corrected chi connectivity index (χ2v) is 3.56. The van der Waals surface area contributed by atoms with Crippen molar-refractivity contribution in [2.24, 2.45) is 0 Å². The van der Waals surface area contributed by atoms with Crippen LogP contribution in [0.2, 0.25) is 0 Å². The number of rotatable bonds is 3. The van der Waals surface area contributed by atoms with Gasteiger partial charge < -0.3 is 9.30 Å². The van der Waals surface area contributed by atoms with Gasteiger partial charge in [0.25, 0.3) is 0 Å². The van der Waals surface area contributed by atoms with Crippen LogP contribution in [0.3, 0.4) is 0 Å². The fourth-order valence-electron chi connectivity index (χ4n) is 1.52. The highest BCUT2D eigenvalue weighted by atomic mass is 16.5. The molecule has 0 bridgehead atoms. The number of ketones is 1. The zero-order chi connectivity index (χ0) is 11.5. The van der Waals surface area contributed by atoms with E-state index in [2.05, 4.69) is 0 Å². The van der Waals surface area contributed by atoms with E-state index in [1.54, 1.807) is 14.0 Å². The van der Waals surface area contributed by atoms with E-state index in [0.29, 0.717) is 0 Å². The number of hydrogen-bond acceptors (Lipinski definition) is 2. The Balaban J connectivity index is 2.31. The largest absolute Gasteiger partial charge is 0.497 e. The van der Waals surface area contributed by atoms with Gasteiger partial charge in [0.2, 0.25) is 0 Å². The smallest absolute Gasteiger partial charge is 0.161 e. The Bertz CT molecular complexity index is 497. The predicted octanol–water partition coefficient (Wildman–Crippen LogP) is 2.69. The average Bonchev–Trinajstić information content (AvgIpc) is 2.78. The van der Waals surface area contributed by atoms with E-state index in [4.69, 9.17) is 4.74 Å². The Morgan fingerprint density at radius 2 is 1.88 bits per heavy atom. The fourth-order valence-corrected chi connectivity index (χ4v) is 1.52. The quantitative estimate of drug-likeness (QED) is 0.737. The second kappa shape index (κ2) is 4.23. The Kier molecular flexibility index (Phi) is 2.77. The van der Waals surface area contributed by atoms with Crippen LogP contribution in [0.25, 0.3) is 5.69 Å². The molecule has 0 aliphatic heterocycles. The van der Waals surface area contributed by atoms with Crippen molar-refractivity contribution in [2.45, 2.75) is 6.92 Å². The van der Waals surface area contributed by atoms with Crippen molar-refractivity contribution in [1.29, 1.82) is 0 Å². The molecule has 2 rings (SSSR count). The highest BCUT2D eigenvalue weighted by Crippen LogP contribution is 2.16. The molecule has 1 heterocycles.